The smallest absolute Gasteiger partial charge is 0.282 e. The molecule has 0 bridgehead atoms. The Bertz CT molecular complexity index is 536. The molecule has 0 aromatic carbocycles. The van der Waals surface area contributed by atoms with Crippen molar-refractivity contribution < 1.29 is 0 Å². The first-order valence-corrected chi connectivity index (χ1v) is 8.46. The van der Waals surface area contributed by atoms with Crippen LogP contribution in [-0.2, 0) is 7.05 Å². The second-order valence-electron chi connectivity index (χ2n) is 6.07. The molecule has 1 unspecified atom stereocenters. The van der Waals surface area contributed by atoms with Crippen LogP contribution in [0.15, 0.2) is 15.5 Å². The van der Waals surface area contributed by atoms with E-state index >= 15 is 0 Å². The van der Waals surface area contributed by atoms with Crippen LogP contribution >= 0.6 is 15.9 Å². The van der Waals surface area contributed by atoms with Gasteiger partial charge in [-0.1, -0.05) is 19.3 Å². The van der Waals surface area contributed by atoms with Crippen LogP contribution in [0.5, 0.6) is 0 Å². The molecule has 1 aromatic heterocycles. The summed E-state index contributed by atoms with van der Waals surface area (Å²) in [6.45, 7) is 1.05. The molecule has 110 valence electrons. The van der Waals surface area contributed by atoms with Gasteiger partial charge in [0.05, 0.1) is 11.9 Å². The molecular weight excluding hydrogens is 318 g/mol. The fourth-order valence-electron chi connectivity index (χ4n) is 3.80. The largest absolute Gasteiger partial charge is 0.366 e. The van der Waals surface area contributed by atoms with Gasteiger partial charge in [0.1, 0.15) is 4.47 Å². The molecule has 3 rings (SSSR count). The molecule has 1 saturated carbocycles. The zero-order valence-corrected chi connectivity index (χ0v) is 13.6. The van der Waals surface area contributed by atoms with E-state index < -0.39 is 0 Å². The number of aromatic nitrogens is 2. The monoisotopic (exact) mass is 339 g/mol. The first kappa shape index (κ1) is 14.1. The van der Waals surface area contributed by atoms with E-state index in [4.69, 9.17) is 0 Å². The van der Waals surface area contributed by atoms with Crippen LogP contribution in [0.4, 0.5) is 5.69 Å². The van der Waals surface area contributed by atoms with E-state index in [1.54, 1.807) is 7.05 Å². The summed E-state index contributed by atoms with van der Waals surface area (Å²) >= 11 is 3.48. The number of hydrogen-bond donors (Lipinski definition) is 0. The Balaban J connectivity index is 1.88. The number of nitrogens with zero attached hydrogens (tertiary/aromatic N) is 3. The summed E-state index contributed by atoms with van der Waals surface area (Å²) in [5.41, 5.74) is 0.943. The van der Waals surface area contributed by atoms with E-state index in [-0.39, 0.29) is 5.56 Å². The van der Waals surface area contributed by atoms with E-state index in [1.165, 1.54) is 49.6 Å². The van der Waals surface area contributed by atoms with Gasteiger partial charge in [-0.25, -0.2) is 4.68 Å². The highest BCUT2D eigenvalue weighted by molar-refractivity contribution is 9.10. The van der Waals surface area contributed by atoms with E-state index in [2.05, 4.69) is 25.9 Å². The molecule has 20 heavy (non-hydrogen) atoms. The van der Waals surface area contributed by atoms with Crippen molar-refractivity contribution >= 4 is 21.6 Å². The third kappa shape index (κ3) is 2.52. The highest BCUT2D eigenvalue weighted by Gasteiger charge is 2.33. The molecule has 2 fully saturated rings. The minimum absolute atomic E-state index is 0.0446. The maximum atomic E-state index is 12.1. The topological polar surface area (TPSA) is 38.1 Å². The molecule has 1 aromatic rings. The fourth-order valence-corrected chi connectivity index (χ4v) is 4.39. The van der Waals surface area contributed by atoms with Gasteiger partial charge < -0.3 is 4.90 Å². The summed E-state index contributed by atoms with van der Waals surface area (Å²) in [6, 6.07) is 0.598. The Labute approximate surface area is 128 Å². The van der Waals surface area contributed by atoms with Crippen LogP contribution in [0.25, 0.3) is 0 Å². The van der Waals surface area contributed by atoms with Crippen LogP contribution in [-0.4, -0.2) is 22.4 Å². The Morgan fingerprint density at radius 1 is 1.20 bits per heavy atom. The van der Waals surface area contributed by atoms with Crippen LogP contribution in [0.1, 0.15) is 44.9 Å². The highest BCUT2D eigenvalue weighted by atomic mass is 79.9. The first-order chi connectivity index (χ1) is 9.68. The number of rotatable bonds is 2. The minimum atomic E-state index is -0.0446. The van der Waals surface area contributed by atoms with Crippen molar-refractivity contribution in [3.63, 3.8) is 0 Å². The van der Waals surface area contributed by atoms with Crippen molar-refractivity contribution in [1.29, 1.82) is 0 Å². The molecule has 5 heteroatoms. The molecular formula is C15H22BrN3O. The lowest BCUT2D eigenvalue weighted by molar-refractivity contribution is 0.304. The van der Waals surface area contributed by atoms with Gasteiger partial charge in [0.15, 0.2) is 0 Å². The fraction of sp³-hybridized carbons (Fsp3) is 0.733. The van der Waals surface area contributed by atoms with Crippen molar-refractivity contribution in [1.82, 2.24) is 9.78 Å². The molecule has 0 spiro atoms. The Kier molecular flexibility index (Phi) is 4.15. The molecule has 2 heterocycles. The van der Waals surface area contributed by atoms with Gasteiger partial charge in [-0.3, -0.25) is 4.79 Å². The second-order valence-corrected chi connectivity index (χ2v) is 6.87. The van der Waals surface area contributed by atoms with E-state index in [1.807, 2.05) is 6.20 Å². The molecule has 2 aliphatic rings. The third-order valence-corrected chi connectivity index (χ3v) is 5.61. The van der Waals surface area contributed by atoms with E-state index in [0.29, 0.717) is 10.5 Å². The van der Waals surface area contributed by atoms with Gasteiger partial charge in [-0.05, 0) is 47.5 Å². The second kappa shape index (κ2) is 5.88. The quantitative estimate of drug-likeness (QED) is 0.830. The summed E-state index contributed by atoms with van der Waals surface area (Å²) in [5, 5.41) is 4.20. The SMILES string of the molecule is Cn1ncc(N2CCCC2C2CCCCC2)c(Br)c1=O. The first-order valence-electron chi connectivity index (χ1n) is 7.67. The zero-order chi connectivity index (χ0) is 14.1. The number of anilines is 1. The number of halogens is 1. The predicted molar refractivity (Wildman–Crippen MR) is 84.1 cm³/mol. The van der Waals surface area contributed by atoms with Crippen molar-refractivity contribution in [2.24, 2.45) is 13.0 Å². The highest BCUT2D eigenvalue weighted by Crippen LogP contribution is 2.38. The van der Waals surface area contributed by atoms with E-state index in [0.717, 1.165) is 18.2 Å². The van der Waals surface area contributed by atoms with Crippen LogP contribution < -0.4 is 10.5 Å². The summed E-state index contributed by atoms with van der Waals surface area (Å²) < 4.78 is 2.05. The maximum absolute atomic E-state index is 12.1. The standard InChI is InChI=1S/C15H22BrN3O/c1-18-15(20)14(16)13(10-17-18)19-9-5-8-12(19)11-6-3-2-4-7-11/h10-12H,2-9H2,1H3. The van der Waals surface area contributed by atoms with Crippen molar-refractivity contribution in [2.75, 3.05) is 11.4 Å². The molecule has 1 atom stereocenters. The summed E-state index contributed by atoms with van der Waals surface area (Å²) in [5.74, 6) is 0.794. The van der Waals surface area contributed by atoms with Crippen molar-refractivity contribution in [3.05, 3.63) is 21.0 Å². The summed E-state index contributed by atoms with van der Waals surface area (Å²) in [6.07, 6.45) is 11.1. The van der Waals surface area contributed by atoms with Crippen LogP contribution in [0.3, 0.4) is 0 Å². The molecule has 1 aliphatic carbocycles. The predicted octanol–water partition coefficient (Wildman–Crippen LogP) is 3.09. The van der Waals surface area contributed by atoms with Gasteiger partial charge in [0.2, 0.25) is 0 Å². The summed E-state index contributed by atoms with van der Waals surface area (Å²) in [7, 11) is 1.69. The Morgan fingerprint density at radius 3 is 2.70 bits per heavy atom. The van der Waals surface area contributed by atoms with Gasteiger partial charge >= 0.3 is 0 Å². The molecule has 0 radical (unpaired) electrons. The molecule has 1 saturated heterocycles. The molecule has 0 N–H and O–H groups in total. The number of hydrogen-bond acceptors (Lipinski definition) is 3. The van der Waals surface area contributed by atoms with Gasteiger partial charge in [-0.15, -0.1) is 0 Å². The molecule has 1 aliphatic heterocycles. The Morgan fingerprint density at radius 2 is 1.95 bits per heavy atom. The average molecular weight is 340 g/mol. The minimum Gasteiger partial charge on any atom is -0.366 e. The van der Waals surface area contributed by atoms with Crippen molar-refractivity contribution in [2.45, 2.75) is 51.0 Å². The number of aryl methyl sites for hydroxylation is 1. The van der Waals surface area contributed by atoms with Crippen LogP contribution in [0.2, 0.25) is 0 Å². The zero-order valence-electron chi connectivity index (χ0n) is 12.0. The lowest BCUT2D eigenvalue weighted by Crippen LogP contribution is -2.38. The molecule has 0 amide bonds. The maximum Gasteiger partial charge on any atom is 0.282 e. The third-order valence-electron chi connectivity index (χ3n) is 4.86. The average Bonchev–Trinajstić information content (AvgIpc) is 2.95. The van der Waals surface area contributed by atoms with Gasteiger partial charge in [0, 0.05) is 19.6 Å². The lowest BCUT2D eigenvalue weighted by atomic mass is 9.83. The van der Waals surface area contributed by atoms with Gasteiger partial charge in [0.25, 0.3) is 5.56 Å². The van der Waals surface area contributed by atoms with E-state index in [9.17, 15) is 4.79 Å². The normalized spacial score (nSPS) is 24.3. The molecule has 4 nitrogen and oxygen atoms in total. The summed E-state index contributed by atoms with van der Waals surface area (Å²) in [4.78, 5) is 14.5. The van der Waals surface area contributed by atoms with Gasteiger partial charge in [-0.2, -0.15) is 5.10 Å². The Hall–Kier alpha value is -0.840. The van der Waals surface area contributed by atoms with Crippen molar-refractivity contribution in [3.8, 4) is 0 Å². The van der Waals surface area contributed by atoms with Crippen LogP contribution in [0, 0.1) is 5.92 Å². The lowest BCUT2D eigenvalue weighted by Gasteiger charge is -2.35.